The Kier molecular flexibility index (Phi) is 4.04. The van der Waals surface area contributed by atoms with Gasteiger partial charge in [-0.05, 0) is 12.1 Å². The number of hydrogen-bond acceptors (Lipinski definition) is 8. The Balaban J connectivity index is 2.32. The summed E-state index contributed by atoms with van der Waals surface area (Å²) >= 11 is 0. The number of carbonyl (C=O) groups excluding carboxylic acids is 2. The van der Waals surface area contributed by atoms with Gasteiger partial charge in [0.05, 0.1) is 14.2 Å². The molecule has 8 heteroatoms. The van der Waals surface area contributed by atoms with Crippen LogP contribution in [0.4, 0.5) is 0 Å². The molecule has 0 saturated heterocycles. The molecule has 112 valence electrons. The lowest BCUT2D eigenvalue weighted by molar-refractivity contribution is 0.0583. The molecule has 3 rings (SSSR count). The van der Waals surface area contributed by atoms with Crippen molar-refractivity contribution in [2.45, 2.75) is 9.79 Å². The number of hydrogen-bond donors (Lipinski definition) is 0. The summed E-state index contributed by atoms with van der Waals surface area (Å²) in [6, 6.07) is 3.58. The quantitative estimate of drug-likeness (QED) is 0.613. The van der Waals surface area contributed by atoms with Crippen molar-refractivity contribution in [3.63, 3.8) is 0 Å². The number of aromatic nitrogens is 2. The van der Waals surface area contributed by atoms with Crippen LogP contribution in [0, 0.1) is 0 Å². The van der Waals surface area contributed by atoms with Gasteiger partial charge in [0.25, 0.3) is 0 Å². The maximum Gasteiger partial charge on any atom is 0.357 e. The monoisotopic (exact) mass is 334 g/mol. The van der Waals surface area contributed by atoms with Gasteiger partial charge in [0.1, 0.15) is 0 Å². The van der Waals surface area contributed by atoms with Crippen molar-refractivity contribution in [3.05, 3.63) is 35.9 Å². The van der Waals surface area contributed by atoms with Crippen molar-refractivity contribution in [3.8, 4) is 11.1 Å². The van der Waals surface area contributed by atoms with Gasteiger partial charge in [0.15, 0.2) is 11.4 Å². The molecule has 0 aliphatic carbocycles. The molecule has 0 atom stereocenters. The minimum Gasteiger partial charge on any atom is -0.464 e. The molecule has 0 radical (unpaired) electrons. The molecular weight excluding hydrogens is 324 g/mol. The van der Waals surface area contributed by atoms with Crippen molar-refractivity contribution in [2.75, 3.05) is 14.2 Å². The number of fused-ring (bicyclic) bond motifs is 3. The minimum atomic E-state index is -0.560. The van der Waals surface area contributed by atoms with Crippen molar-refractivity contribution in [1.82, 2.24) is 9.97 Å². The lowest BCUT2D eigenvalue weighted by Crippen LogP contribution is -2.13. The van der Waals surface area contributed by atoms with Crippen molar-refractivity contribution in [1.29, 1.82) is 0 Å². The fourth-order valence-electron chi connectivity index (χ4n) is 2.10. The van der Waals surface area contributed by atoms with E-state index in [4.69, 9.17) is 9.47 Å². The Morgan fingerprint density at radius 3 is 1.64 bits per heavy atom. The number of pyridine rings is 2. The molecule has 22 heavy (non-hydrogen) atoms. The van der Waals surface area contributed by atoms with Gasteiger partial charge in [-0.15, -0.1) is 0 Å². The standard InChI is InChI=1S/C14H10N2O4S2/c1-19-13(17)11-9-7(3-5-15-11)21-22-8-4-6-16-12(10(8)9)14(18)20-2/h3-6H,1-2H3. The van der Waals surface area contributed by atoms with E-state index < -0.39 is 11.9 Å². The second-order valence-electron chi connectivity index (χ2n) is 4.22. The predicted octanol–water partition coefficient (Wildman–Crippen LogP) is 2.83. The first-order valence-electron chi connectivity index (χ1n) is 6.17. The molecule has 0 unspecified atom stereocenters. The fourth-order valence-corrected chi connectivity index (χ4v) is 4.45. The summed E-state index contributed by atoms with van der Waals surface area (Å²) in [7, 11) is 5.56. The first-order valence-corrected chi connectivity index (χ1v) is 8.32. The summed E-state index contributed by atoms with van der Waals surface area (Å²) in [5.41, 5.74) is 1.43. The molecule has 0 saturated carbocycles. The number of ether oxygens (including phenoxy) is 2. The van der Waals surface area contributed by atoms with Crippen molar-refractivity contribution >= 4 is 33.5 Å². The third kappa shape index (κ3) is 2.34. The zero-order valence-electron chi connectivity index (χ0n) is 11.7. The van der Waals surface area contributed by atoms with Gasteiger partial charge in [-0.2, -0.15) is 0 Å². The minimum absolute atomic E-state index is 0.159. The third-order valence-electron chi connectivity index (χ3n) is 3.05. The van der Waals surface area contributed by atoms with Crippen LogP contribution in [0.2, 0.25) is 0 Å². The normalized spacial score (nSPS) is 12.1. The van der Waals surface area contributed by atoms with Gasteiger partial charge in [-0.1, -0.05) is 21.6 Å². The molecule has 0 amide bonds. The maximum absolute atomic E-state index is 12.0. The van der Waals surface area contributed by atoms with Crippen LogP contribution in [0.1, 0.15) is 21.0 Å². The molecular formula is C14H10N2O4S2. The third-order valence-corrected chi connectivity index (χ3v) is 5.50. The highest BCUT2D eigenvalue weighted by Gasteiger charge is 2.30. The summed E-state index contributed by atoms with van der Waals surface area (Å²) in [6.45, 7) is 0. The summed E-state index contributed by atoms with van der Waals surface area (Å²) in [5, 5.41) is 0. The zero-order valence-corrected chi connectivity index (χ0v) is 13.3. The molecule has 2 aromatic rings. The van der Waals surface area contributed by atoms with Crippen LogP contribution < -0.4 is 0 Å². The predicted molar refractivity (Wildman–Crippen MR) is 81.9 cm³/mol. The van der Waals surface area contributed by atoms with Crippen molar-refractivity contribution < 1.29 is 19.1 Å². The number of carbonyl (C=O) groups is 2. The fraction of sp³-hybridized carbons (Fsp3) is 0.143. The van der Waals surface area contributed by atoms with E-state index >= 15 is 0 Å². The number of methoxy groups -OCH3 is 2. The molecule has 0 fully saturated rings. The Labute approximate surface area is 134 Å². The smallest absolute Gasteiger partial charge is 0.357 e. The van der Waals surface area contributed by atoms with Gasteiger partial charge in [-0.3, -0.25) is 0 Å². The Morgan fingerprint density at radius 1 is 0.864 bits per heavy atom. The molecule has 0 aromatic carbocycles. The van der Waals surface area contributed by atoms with E-state index in [0.717, 1.165) is 9.79 Å². The summed E-state index contributed by atoms with van der Waals surface area (Å²) in [5.74, 6) is -1.12. The lowest BCUT2D eigenvalue weighted by atomic mass is 10.0. The van der Waals surface area contributed by atoms with Crippen LogP contribution in [-0.2, 0) is 9.47 Å². The van der Waals surface area contributed by atoms with Crippen molar-refractivity contribution in [2.24, 2.45) is 0 Å². The molecule has 0 N–H and O–H groups in total. The average molecular weight is 334 g/mol. The van der Waals surface area contributed by atoms with E-state index in [-0.39, 0.29) is 11.4 Å². The van der Waals surface area contributed by atoms with Gasteiger partial charge in [0.2, 0.25) is 0 Å². The highest BCUT2D eigenvalue weighted by atomic mass is 33.1. The van der Waals surface area contributed by atoms with E-state index in [1.54, 1.807) is 12.1 Å². The second-order valence-corrected chi connectivity index (χ2v) is 6.43. The first kappa shape index (κ1) is 14.9. The highest BCUT2D eigenvalue weighted by Crippen LogP contribution is 2.52. The zero-order chi connectivity index (χ0) is 15.7. The Morgan fingerprint density at radius 2 is 1.27 bits per heavy atom. The van der Waals surface area contributed by atoms with Crippen LogP contribution in [0.3, 0.4) is 0 Å². The van der Waals surface area contributed by atoms with E-state index in [2.05, 4.69) is 9.97 Å². The van der Waals surface area contributed by atoms with Gasteiger partial charge < -0.3 is 9.47 Å². The van der Waals surface area contributed by atoms with Crippen LogP contribution in [0.25, 0.3) is 11.1 Å². The van der Waals surface area contributed by atoms with Crippen LogP contribution in [-0.4, -0.2) is 36.1 Å². The van der Waals surface area contributed by atoms with E-state index in [9.17, 15) is 9.59 Å². The van der Waals surface area contributed by atoms with Crippen LogP contribution in [0.15, 0.2) is 34.3 Å². The lowest BCUT2D eigenvalue weighted by Gasteiger charge is -2.21. The Hall–Kier alpha value is -2.06. The Bertz CT molecular complexity index is 714. The average Bonchev–Trinajstić information content (AvgIpc) is 2.58. The second kappa shape index (κ2) is 5.98. The molecule has 3 heterocycles. The van der Waals surface area contributed by atoms with Crippen LogP contribution >= 0.6 is 21.6 Å². The summed E-state index contributed by atoms with van der Waals surface area (Å²) in [4.78, 5) is 33.9. The number of esters is 2. The number of rotatable bonds is 2. The molecule has 2 aromatic heterocycles. The molecule has 1 aliphatic rings. The van der Waals surface area contributed by atoms with E-state index in [0.29, 0.717) is 11.1 Å². The summed E-state index contributed by atoms with van der Waals surface area (Å²) in [6.07, 6.45) is 3.08. The van der Waals surface area contributed by atoms with E-state index in [1.807, 2.05) is 0 Å². The van der Waals surface area contributed by atoms with Gasteiger partial charge in [-0.25, -0.2) is 19.6 Å². The maximum atomic E-state index is 12.0. The largest absolute Gasteiger partial charge is 0.464 e. The van der Waals surface area contributed by atoms with E-state index in [1.165, 1.54) is 48.2 Å². The first-order chi connectivity index (χ1) is 10.7. The molecule has 0 spiro atoms. The number of nitrogens with zero attached hydrogens (tertiary/aromatic N) is 2. The molecule has 0 bridgehead atoms. The highest BCUT2D eigenvalue weighted by molar-refractivity contribution is 8.76. The molecule has 1 aliphatic heterocycles. The van der Waals surface area contributed by atoms with Gasteiger partial charge >= 0.3 is 11.9 Å². The topological polar surface area (TPSA) is 78.4 Å². The van der Waals surface area contributed by atoms with Crippen LogP contribution in [0.5, 0.6) is 0 Å². The SMILES string of the molecule is COC(=O)c1nccc2c1-c1c(ccnc1C(=O)OC)SS2. The molecule has 6 nitrogen and oxygen atoms in total. The summed E-state index contributed by atoms with van der Waals surface area (Å²) < 4.78 is 9.58. The van der Waals surface area contributed by atoms with Gasteiger partial charge in [0, 0.05) is 33.3 Å².